The van der Waals surface area contributed by atoms with Crippen molar-refractivity contribution < 1.29 is 9.53 Å². The Kier molecular flexibility index (Phi) is 8.28. The van der Waals surface area contributed by atoms with Gasteiger partial charge in [0.2, 0.25) is 0 Å². The van der Waals surface area contributed by atoms with Gasteiger partial charge >= 0.3 is 6.09 Å². The number of hydrogen-bond acceptors (Lipinski definition) is 7. The number of aryl methyl sites for hydroxylation is 1. The molecule has 9 heteroatoms. The number of pyridine rings is 1. The van der Waals surface area contributed by atoms with Gasteiger partial charge in [-0.1, -0.05) is 30.3 Å². The zero-order valence-corrected chi connectivity index (χ0v) is 23.3. The molecule has 8 nitrogen and oxygen atoms in total. The van der Waals surface area contributed by atoms with E-state index in [4.69, 9.17) is 4.74 Å². The molecule has 2 aromatic heterocycles. The normalized spacial score (nSPS) is 19.7. The van der Waals surface area contributed by atoms with E-state index in [-0.39, 0.29) is 17.7 Å². The van der Waals surface area contributed by atoms with E-state index in [0.29, 0.717) is 24.4 Å². The molecule has 3 aromatic rings. The number of carbonyl (C=O) groups excluding carboxylic acids is 1. The quantitative estimate of drug-likeness (QED) is 0.542. The van der Waals surface area contributed by atoms with Crippen molar-refractivity contribution in [3.63, 3.8) is 0 Å². The maximum atomic E-state index is 13.4. The van der Waals surface area contributed by atoms with Crippen LogP contribution in [0.3, 0.4) is 0 Å². The lowest BCUT2D eigenvalue weighted by atomic mass is 10.0. The van der Waals surface area contributed by atoms with Gasteiger partial charge in [-0.2, -0.15) is 0 Å². The summed E-state index contributed by atoms with van der Waals surface area (Å²) in [5, 5.41) is 5.31. The molecule has 2 fully saturated rings. The van der Waals surface area contributed by atoms with Gasteiger partial charge in [-0.3, -0.25) is 4.79 Å². The second-order valence-electron chi connectivity index (χ2n) is 10.3. The van der Waals surface area contributed by atoms with Crippen LogP contribution in [0.2, 0.25) is 0 Å². The summed E-state index contributed by atoms with van der Waals surface area (Å²) in [4.78, 5) is 33.9. The van der Waals surface area contributed by atoms with Crippen molar-refractivity contribution in [1.29, 1.82) is 0 Å². The van der Waals surface area contributed by atoms with Crippen LogP contribution in [-0.4, -0.2) is 91.3 Å². The number of benzene rings is 1. The molecule has 1 unspecified atom stereocenters. The highest BCUT2D eigenvalue weighted by atomic mass is 32.1. The summed E-state index contributed by atoms with van der Waals surface area (Å²) >= 11 is 1.58. The highest BCUT2D eigenvalue weighted by molar-refractivity contribution is 7.13. The molecule has 38 heavy (non-hydrogen) atoms. The molecule has 0 spiro atoms. The van der Waals surface area contributed by atoms with Crippen LogP contribution >= 0.6 is 11.3 Å². The van der Waals surface area contributed by atoms with Crippen molar-refractivity contribution in [2.24, 2.45) is 0 Å². The van der Waals surface area contributed by atoms with Gasteiger partial charge in [0, 0.05) is 58.4 Å². The Morgan fingerprint density at radius 1 is 1.00 bits per heavy atom. The first kappa shape index (κ1) is 26.6. The maximum Gasteiger partial charge on any atom is 0.415 e. The van der Waals surface area contributed by atoms with Crippen LogP contribution in [0.25, 0.3) is 21.7 Å². The number of likely N-dealkylation sites (N-methyl/N-ethyl adjacent to an activating group) is 2. The number of aromatic nitrogens is 1. The minimum Gasteiger partial charge on any atom is -0.408 e. The fourth-order valence-electron chi connectivity index (χ4n) is 5.30. The molecule has 2 saturated heterocycles. The van der Waals surface area contributed by atoms with E-state index in [1.54, 1.807) is 26.9 Å². The third-order valence-electron chi connectivity index (χ3n) is 7.51. The zero-order valence-electron chi connectivity index (χ0n) is 22.5. The molecule has 0 bridgehead atoms. The topological polar surface area (TPSA) is 70.0 Å². The van der Waals surface area contributed by atoms with Crippen molar-refractivity contribution in [2.75, 3.05) is 59.9 Å². The van der Waals surface area contributed by atoms with E-state index in [1.165, 1.54) is 18.7 Å². The molecule has 0 saturated carbocycles. The first-order valence-electron chi connectivity index (χ1n) is 13.4. The highest BCUT2D eigenvalue weighted by Crippen LogP contribution is 2.40. The number of ether oxygens (including phenoxy) is 1. The lowest BCUT2D eigenvalue weighted by Gasteiger charge is -2.37. The van der Waals surface area contributed by atoms with Crippen LogP contribution in [0, 0.1) is 0 Å². The van der Waals surface area contributed by atoms with Gasteiger partial charge in [-0.05, 0) is 56.1 Å². The van der Waals surface area contributed by atoms with Gasteiger partial charge in [-0.25, -0.2) is 4.79 Å². The van der Waals surface area contributed by atoms with E-state index >= 15 is 0 Å². The smallest absolute Gasteiger partial charge is 0.408 e. The molecular formula is C29H37N5O3S. The largest absolute Gasteiger partial charge is 0.415 e. The van der Waals surface area contributed by atoms with Crippen molar-refractivity contribution >= 4 is 17.4 Å². The third kappa shape index (κ3) is 5.71. The number of rotatable bonds is 2. The van der Waals surface area contributed by atoms with E-state index < -0.39 is 0 Å². The minimum atomic E-state index is -0.357. The minimum absolute atomic E-state index is 0.0481. The van der Waals surface area contributed by atoms with E-state index in [9.17, 15) is 9.59 Å². The summed E-state index contributed by atoms with van der Waals surface area (Å²) in [6.07, 6.45) is 0.442. The molecule has 1 aromatic carbocycles. The average molecular weight is 536 g/mol. The number of nitrogens with one attached hydrogen (secondary N) is 1. The van der Waals surface area contributed by atoms with E-state index in [2.05, 4.69) is 35.3 Å². The van der Waals surface area contributed by atoms with Crippen LogP contribution in [0.1, 0.15) is 12.5 Å². The van der Waals surface area contributed by atoms with Gasteiger partial charge < -0.3 is 29.3 Å². The fraction of sp³-hybridized carbons (Fsp3) is 0.448. The van der Waals surface area contributed by atoms with Crippen molar-refractivity contribution in [2.45, 2.75) is 25.9 Å². The van der Waals surface area contributed by atoms with Crippen LogP contribution in [0.15, 0.2) is 52.6 Å². The number of amides is 1. The summed E-state index contributed by atoms with van der Waals surface area (Å²) in [7, 11) is 4.21. The summed E-state index contributed by atoms with van der Waals surface area (Å²) in [5.41, 5.74) is 3.25. The van der Waals surface area contributed by atoms with Crippen molar-refractivity contribution in [1.82, 2.24) is 24.6 Å². The Hall–Kier alpha value is -2.98. The Morgan fingerprint density at radius 2 is 1.76 bits per heavy atom. The monoisotopic (exact) mass is 535 g/mol. The predicted octanol–water partition coefficient (Wildman–Crippen LogP) is 3.46. The number of hydrogen-bond donors (Lipinski definition) is 1. The van der Waals surface area contributed by atoms with Crippen LogP contribution < -0.4 is 15.6 Å². The Morgan fingerprint density at radius 3 is 2.45 bits per heavy atom. The number of thiophene rings is 1. The standard InChI is InChI=1S/C24H25N3O3S.C5H12N2/c1-16-15-25(2)11-12-26(16)24(29)30-20-14-19(17-6-4-3-5-7-17)23(28)27-10-8-18-9-13-31-22(18)21(20)27;1-7-4-2-6-3-5-7/h3-7,9,13-14,16H,8,10-12,15H2,1-2H3;6H,2-5H2,1H3. The molecular weight excluding hydrogens is 498 g/mol. The van der Waals surface area contributed by atoms with Crippen LogP contribution in [-0.2, 0) is 13.0 Å². The molecule has 0 radical (unpaired) electrons. The van der Waals surface area contributed by atoms with Gasteiger partial charge in [0.05, 0.1) is 10.4 Å². The SMILES string of the molecule is CC1CN(C)CCN1C(=O)Oc1cc(-c2ccccc2)c(=O)n2c1-c1sccc1CC2.CN1CCNCC1. The van der Waals surface area contributed by atoms with Crippen molar-refractivity contribution in [3.8, 4) is 27.4 Å². The first-order valence-corrected chi connectivity index (χ1v) is 14.3. The fourth-order valence-corrected chi connectivity index (χ4v) is 6.32. The van der Waals surface area contributed by atoms with Gasteiger partial charge in [0.1, 0.15) is 5.69 Å². The second-order valence-corrected chi connectivity index (χ2v) is 11.3. The van der Waals surface area contributed by atoms with Crippen LogP contribution in [0.5, 0.6) is 5.75 Å². The molecule has 3 aliphatic heterocycles. The predicted molar refractivity (Wildman–Crippen MR) is 153 cm³/mol. The Labute approximate surface area is 228 Å². The van der Waals surface area contributed by atoms with Gasteiger partial charge in [0.15, 0.2) is 5.75 Å². The summed E-state index contributed by atoms with van der Waals surface area (Å²) in [6, 6.07) is 13.5. The maximum absolute atomic E-state index is 13.4. The van der Waals surface area contributed by atoms with E-state index in [0.717, 1.165) is 48.7 Å². The molecule has 1 amide bonds. The number of piperazine rings is 2. The summed E-state index contributed by atoms with van der Waals surface area (Å²) in [5.74, 6) is 0.456. The number of nitrogens with zero attached hydrogens (tertiary/aromatic N) is 4. The molecule has 1 atom stereocenters. The molecule has 6 rings (SSSR count). The lowest BCUT2D eigenvalue weighted by molar-refractivity contribution is 0.0892. The summed E-state index contributed by atoms with van der Waals surface area (Å²) in [6.45, 7) is 9.61. The lowest BCUT2D eigenvalue weighted by Crippen LogP contribution is -2.53. The second kappa shape index (κ2) is 11.8. The highest BCUT2D eigenvalue weighted by Gasteiger charge is 2.30. The zero-order chi connectivity index (χ0) is 26.6. The molecule has 202 valence electrons. The summed E-state index contributed by atoms with van der Waals surface area (Å²) < 4.78 is 7.79. The first-order chi connectivity index (χ1) is 18.4. The number of carbonyl (C=O) groups is 1. The number of fused-ring (bicyclic) bond motifs is 3. The average Bonchev–Trinajstić information content (AvgIpc) is 3.40. The van der Waals surface area contributed by atoms with Crippen molar-refractivity contribution in [3.05, 3.63) is 63.8 Å². The van der Waals surface area contributed by atoms with Gasteiger partial charge in [0.25, 0.3) is 5.56 Å². The molecule has 1 N–H and O–H groups in total. The third-order valence-corrected chi connectivity index (χ3v) is 8.47. The molecule has 0 aliphatic carbocycles. The Balaban J connectivity index is 0.000000366. The van der Waals surface area contributed by atoms with Crippen LogP contribution in [0.4, 0.5) is 4.79 Å². The van der Waals surface area contributed by atoms with E-state index in [1.807, 2.05) is 42.6 Å². The van der Waals surface area contributed by atoms with Gasteiger partial charge in [-0.15, -0.1) is 11.3 Å². The Bertz CT molecular complexity index is 1320. The molecule has 5 heterocycles. The molecule has 3 aliphatic rings.